The van der Waals surface area contributed by atoms with E-state index in [2.05, 4.69) is 16.0 Å². The van der Waals surface area contributed by atoms with Gasteiger partial charge in [0.05, 0.1) is 12.5 Å². The van der Waals surface area contributed by atoms with E-state index in [1.807, 2.05) is 90.5 Å². The number of amides is 7. The van der Waals surface area contributed by atoms with Gasteiger partial charge in [0.1, 0.15) is 23.3 Å². The largest absolute Gasteiger partial charge is 0.460 e. The summed E-state index contributed by atoms with van der Waals surface area (Å²) in [6, 6.07) is 4.08. The van der Waals surface area contributed by atoms with Crippen LogP contribution in [0.5, 0.6) is 0 Å². The molecular weight excluding hydrogens is 871 g/mol. The van der Waals surface area contributed by atoms with E-state index in [4.69, 9.17) is 9.47 Å². The van der Waals surface area contributed by atoms with Crippen LogP contribution >= 0.6 is 0 Å². The number of carbonyl (C=O) groups is 8. The molecule has 2 aromatic rings. The van der Waals surface area contributed by atoms with Crippen molar-refractivity contribution in [1.29, 1.82) is 0 Å². The Hall–Kier alpha value is -6.00. The average Bonchev–Trinajstić information content (AvgIpc) is 3.72. The second-order valence-corrected chi connectivity index (χ2v) is 21.7. The average molecular weight is 948 g/mol. The fourth-order valence-electron chi connectivity index (χ4n) is 8.19. The molecular formula is C51H77N7O10. The maximum atomic E-state index is 15.0. The normalized spacial score (nSPS) is 15.4. The monoisotopic (exact) mass is 948 g/mol. The number of imide groups is 1. The standard InChI is InChI=1S/C51H77N7O10/c1-31(2)37(28-32(3)44(63)53-33(29-41(62)67-49(7,8)9)22-23-38(59)52-26-27-58-39(60)24-25-40(58)61)56(16)46(65)42(48(4,5)6)54-45(64)43(57(17)47(66)68-50(10,11)12)51(13,14)35-30-55(15)36-21-19-18-20-34(35)36/h18-21,24-25,28,30-31,33,37,42-43H,22-23,26-27,29H2,1-17H3,(H,52,59)(H,53,63)(H,54,64)/b32-28+/t33-,37-,42-,43-/m1/s1. The maximum Gasteiger partial charge on any atom is 0.410 e. The van der Waals surface area contributed by atoms with Gasteiger partial charge in [0, 0.05) is 86.9 Å². The molecule has 0 saturated carbocycles. The molecule has 0 bridgehead atoms. The molecule has 1 aliphatic rings. The molecule has 3 rings (SSSR count). The number of hydrogen-bond donors (Lipinski definition) is 3. The van der Waals surface area contributed by atoms with E-state index in [9.17, 15) is 38.4 Å². The minimum absolute atomic E-state index is 0.00859. The fraction of sp³-hybridized carbons (Fsp3) is 0.608. The summed E-state index contributed by atoms with van der Waals surface area (Å²) in [5.74, 6) is -3.67. The molecule has 0 fully saturated rings. The summed E-state index contributed by atoms with van der Waals surface area (Å²) in [5.41, 5.74) is -1.50. The minimum atomic E-state index is -1.15. The second kappa shape index (κ2) is 22.4. The van der Waals surface area contributed by atoms with Crippen molar-refractivity contribution in [1.82, 2.24) is 35.2 Å². The molecule has 1 aliphatic heterocycles. The summed E-state index contributed by atoms with van der Waals surface area (Å²) in [6.07, 6.45) is 4.97. The number of ether oxygens (including phenoxy) is 2. The van der Waals surface area contributed by atoms with E-state index in [0.29, 0.717) is 0 Å². The Kier molecular flexibility index (Phi) is 18.6. The highest BCUT2D eigenvalue weighted by molar-refractivity contribution is 6.12. The molecule has 0 unspecified atom stereocenters. The van der Waals surface area contributed by atoms with Crippen LogP contribution in [0, 0.1) is 11.3 Å². The Morgan fingerprint density at radius 2 is 1.38 bits per heavy atom. The van der Waals surface area contributed by atoms with Crippen molar-refractivity contribution in [3.63, 3.8) is 0 Å². The molecule has 1 aromatic carbocycles. The zero-order valence-corrected chi connectivity index (χ0v) is 43.4. The Morgan fingerprint density at radius 3 is 1.93 bits per heavy atom. The van der Waals surface area contributed by atoms with Gasteiger partial charge in [-0.3, -0.25) is 43.4 Å². The zero-order chi connectivity index (χ0) is 51.9. The predicted octanol–water partition coefficient (Wildman–Crippen LogP) is 5.69. The molecule has 17 heteroatoms. The van der Waals surface area contributed by atoms with Gasteiger partial charge in [0.15, 0.2) is 0 Å². The highest BCUT2D eigenvalue weighted by Gasteiger charge is 2.47. The predicted molar refractivity (Wildman–Crippen MR) is 261 cm³/mol. The quantitative estimate of drug-likeness (QED) is 0.0892. The number of para-hydroxylation sites is 1. The van der Waals surface area contributed by atoms with E-state index < -0.39 is 93.7 Å². The van der Waals surface area contributed by atoms with Gasteiger partial charge in [-0.05, 0) is 77.8 Å². The van der Waals surface area contributed by atoms with E-state index in [0.717, 1.165) is 33.5 Å². The van der Waals surface area contributed by atoms with Gasteiger partial charge in [0.25, 0.3) is 11.8 Å². The van der Waals surface area contributed by atoms with Crippen molar-refractivity contribution in [2.24, 2.45) is 18.4 Å². The number of aromatic nitrogens is 1. The fourth-order valence-corrected chi connectivity index (χ4v) is 8.19. The van der Waals surface area contributed by atoms with Crippen molar-refractivity contribution in [2.45, 2.75) is 157 Å². The molecule has 376 valence electrons. The number of aryl methyl sites for hydroxylation is 1. The number of rotatable bonds is 19. The lowest BCUT2D eigenvalue weighted by atomic mass is 9.76. The summed E-state index contributed by atoms with van der Waals surface area (Å²) < 4.78 is 13.3. The lowest BCUT2D eigenvalue weighted by molar-refractivity contribution is -0.155. The number of nitrogens with one attached hydrogen (secondary N) is 3. The molecule has 1 aromatic heterocycles. The van der Waals surface area contributed by atoms with Crippen LogP contribution in [0.25, 0.3) is 10.9 Å². The summed E-state index contributed by atoms with van der Waals surface area (Å²) in [5, 5.41) is 9.51. The third-order valence-electron chi connectivity index (χ3n) is 11.7. The van der Waals surface area contributed by atoms with Crippen LogP contribution in [0.2, 0.25) is 0 Å². The minimum Gasteiger partial charge on any atom is -0.460 e. The summed E-state index contributed by atoms with van der Waals surface area (Å²) in [7, 11) is 5.05. The summed E-state index contributed by atoms with van der Waals surface area (Å²) in [6.45, 7) is 25.1. The van der Waals surface area contributed by atoms with Crippen LogP contribution in [-0.4, -0.2) is 129 Å². The first-order valence-corrected chi connectivity index (χ1v) is 23.2. The lowest BCUT2D eigenvalue weighted by Gasteiger charge is -2.42. The number of benzene rings is 1. The molecule has 7 amide bonds. The van der Waals surface area contributed by atoms with Crippen molar-refractivity contribution in [3.8, 4) is 0 Å². The Morgan fingerprint density at radius 1 is 0.809 bits per heavy atom. The number of likely N-dealkylation sites (N-methyl/N-ethyl adjacent to an activating group) is 2. The van der Waals surface area contributed by atoms with Crippen LogP contribution in [0.3, 0.4) is 0 Å². The zero-order valence-electron chi connectivity index (χ0n) is 43.4. The molecule has 0 saturated heterocycles. The molecule has 68 heavy (non-hydrogen) atoms. The Labute approximate surface area is 402 Å². The Balaban J connectivity index is 1.91. The number of fused-ring (bicyclic) bond motifs is 1. The van der Waals surface area contributed by atoms with Gasteiger partial charge in [-0.1, -0.05) is 72.7 Å². The van der Waals surface area contributed by atoms with Crippen molar-refractivity contribution < 1.29 is 47.8 Å². The molecule has 17 nitrogen and oxygen atoms in total. The number of nitrogens with zero attached hydrogens (tertiary/aromatic N) is 4. The van der Waals surface area contributed by atoms with Gasteiger partial charge in [-0.2, -0.15) is 0 Å². The first-order chi connectivity index (χ1) is 31.2. The van der Waals surface area contributed by atoms with Gasteiger partial charge in [0.2, 0.25) is 23.6 Å². The topological polar surface area (TPSA) is 206 Å². The van der Waals surface area contributed by atoms with Gasteiger partial charge < -0.3 is 34.9 Å². The van der Waals surface area contributed by atoms with E-state index >= 15 is 0 Å². The lowest BCUT2D eigenvalue weighted by Crippen LogP contribution is -2.63. The van der Waals surface area contributed by atoms with Crippen LogP contribution < -0.4 is 16.0 Å². The Bertz CT molecular complexity index is 2250. The van der Waals surface area contributed by atoms with Crippen LogP contribution in [0.15, 0.2) is 54.3 Å². The second-order valence-electron chi connectivity index (χ2n) is 21.7. The van der Waals surface area contributed by atoms with Gasteiger partial charge in [-0.25, -0.2) is 4.79 Å². The van der Waals surface area contributed by atoms with E-state index in [-0.39, 0.29) is 43.8 Å². The van der Waals surface area contributed by atoms with Gasteiger partial charge in [-0.15, -0.1) is 0 Å². The first-order valence-electron chi connectivity index (χ1n) is 23.2. The highest BCUT2D eigenvalue weighted by Crippen LogP contribution is 2.37. The highest BCUT2D eigenvalue weighted by atomic mass is 16.6. The van der Waals surface area contributed by atoms with Crippen LogP contribution in [0.1, 0.15) is 122 Å². The molecule has 2 heterocycles. The summed E-state index contributed by atoms with van der Waals surface area (Å²) >= 11 is 0. The number of carbonyl (C=O) groups excluding carboxylic acids is 8. The molecule has 3 N–H and O–H groups in total. The van der Waals surface area contributed by atoms with Crippen LogP contribution in [-0.2, 0) is 55.5 Å². The van der Waals surface area contributed by atoms with E-state index in [1.54, 1.807) is 61.6 Å². The van der Waals surface area contributed by atoms with E-state index in [1.165, 1.54) is 16.8 Å². The molecule has 0 aliphatic carbocycles. The van der Waals surface area contributed by atoms with Crippen molar-refractivity contribution >= 4 is 58.4 Å². The SMILES string of the molecule is C/C(=C\[C@H](C(C)C)N(C)C(=O)[C@@H](NC(=O)[C@@H](N(C)C(=O)OC(C)(C)C)C(C)(C)c1cn(C)c2ccccc12)C(C)(C)C)C(=O)N[C@H](CCC(=O)NCCN1C(=O)C=CC1=O)CC(=O)OC(C)(C)C. The molecule has 4 atom stereocenters. The third-order valence-corrected chi connectivity index (χ3v) is 11.7. The molecule has 0 spiro atoms. The third kappa shape index (κ3) is 15.3. The number of hydrogen-bond acceptors (Lipinski definition) is 10. The number of esters is 1. The van der Waals surface area contributed by atoms with Crippen LogP contribution in [0.4, 0.5) is 4.79 Å². The van der Waals surface area contributed by atoms with Crippen molar-refractivity contribution in [3.05, 3.63) is 59.8 Å². The maximum absolute atomic E-state index is 15.0. The van der Waals surface area contributed by atoms with Gasteiger partial charge >= 0.3 is 12.1 Å². The molecule has 0 radical (unpaired) electrons. The first kappa shape index (κ1) is 56.3. The smallest absolute Gasteiger partial charge is 0.410 e. The summed E-state index contributed by atoms with van der Waals surface area (Å²) in [4.78, 5) is 111. The van der Waals surface area contributed by atoms with Crippen molar-refractivity contribution in [2.75, 3.05) is 27.2 Å².